The van der Waals surface area contributed by atoms with E-state index in [9.17, 15) is 9.59 Å². The van der Waals surface area contributed by atoms with Crippen molar-refractivity contribution in [3.8, 4) is 5.75 Å². The fraction of sp³-hybridized carbons (Fsp3) is 0.389. The minimum absolute atomic E-state index is 0.0649. The van der Waals surface area contributed by atoms with Crippen molar-refractivity contribution in [3.63, 3.8) is 0 Å². The first kappa shape index (κ1) is 18.1. The molecule has 1 aromatic heterocycles. The van der Waals surface area contributed by atoms with Gasteiger partial charge in [-0.3, -0.25) is 0 Å². The maximum absolute atomic E-state index is 12.5. The van der Waals surface area contributed by atoms with Gasteiger partial charge in [-0.25, -0.2) is 9.59 Å². The average molecular weight is 410 g/mol. The molecule has 2 aliphatic rings. The molecule has 1 aromatic carbocycles. The highest BCUT2D eigenvalue weighted by atomic mass is 35.5. The number of aromatic carboxylic acids is 1. The summed E-state index contributed by atoms with van der Waals surface area (Å²) in [5.74, 6) is 0.204. The number of carbonyl (C=O) groups excluding carboxylic acids is 1. The van der Waals surface area contributed by atoms with E-state index in [4.69, 9.17) is 33.0 Å². The Morgan fingerprint density at radius 2 is 1.74 bits per heavy atom. The molecule has 1 amide bonds. The lowest BCUT2D eigenvalue weighted by Crippen LogP contribution is -2.34. The van der Waals surface area contributed by atoms with Gasteiger partial charge in [0.25, 0.3) is 0 Å². The Hall–Kier alpha value is -2.25. The molecule has 2 heterocycles. The molecule has 4 rings (SSSR count). The number of carboxylic acids is 1. The van der Waals surface area contributed by atoms with E-state index in [0.29, 0.717) is 40.7 Å². The number of nitrogens with zero attached hydrogens (tertiary/aromatic N) is 3. The summed E-state index contributed by atoms with van der Waals surface area (Å²) in [6, 6.07) is 6.17. The zero-order valence-corrected chi connectivity index (χ0v) is 15.7. The van der Waals surface area contributed by atoms with Crippen LogP contribution in [0.2, 0.25) is 10.0 Å². The molecule has 1 saturated carbocycles. The maximum atomic E-state index is 12.5. The van der Waals surface area contributed by atoms with E-state index in [2.05, 4.69) is 5.10 Å². The molecule has 2 unspecified atom stereocenters. The smallest absolute Gasteiger partial charge is 0.356 e. The van der Waals surface area contributed by atoms with Gasteiger partial charge in [-0.15, -0.1) is 0 Å². The van der Waals surface area contributed by atoms with E-state index < -0.39 is 5.97 Å². The molecular weight excluding hydrogens is 393 g/mol. The molecule has 0 spiro atoms. The molecule has 2 aromatic rings. The number of hydrogen-bond acceptors (Lipinski definition) is 4. The number of fused-ring (bicyclic) bond motifs is 1. The van der Waals surface area contributed by atoms with E-state index in [0.717, 1.165) is 17.5 Å². The number of carbonyl (C=O) groups is 2. The number of likely N-dealkylation sites (tertiary alicyclic amines) is 1. The molecule has 1 aliphatic heterocycles. The lowest BCUT2D eigenvalue weighted by molar-refractivity contribution is 0.0690. The third-order valence-corrected chi connectivity index (χ3v) is 5.56. The number of hydrogen-bond donors (Lipinski definition) is 1. The van der Waals surface area contributed by atoms with Crippen LogP contribution in [0.4, 0.5) is 4.79 Å². The molecular formula is C18H17Cl2N3O4. The van der Waals surface area contributed by atoms with Crippen LogP contribution in [0.1, 0.15) is 23.3 Å². The second-order valence-corrected chi connectivity index (χ2v) is 7.85. The Bertz CT molecular complexity index is 866. The molecule has 2 fully saturated rings. The largest absolute Gasteiger partial charge is 0.490 e. The first-order valence-electron chi connectivity index (χ1n) is 8.60. The zero-order valence-electron chi connectivity index (χ0n) is 14.2. The van der Waals surface area contributed by atoms with Gasteiger partial charge in [-0.2, -0.15) is 9.78 Å². The number of rotatable bonds is 3. The Labute approximate surface area is 165 Å². The molecule has 0 radical (unpaired) electrons. The van der Waals surface area contributed by atoms with Crippen LogP contribution in [0.5, 0.6) is 5.75 Å². The number of benzene rings is 1. The van der Waals surface area contributed by atoms with Crippen molar-refractivity contribution in [1.29, 1.82) is 0 Å². The van der Waals surface area contributed by atoms with Gasteiger partial charge in [0.2, 0.25) is 0 Å². The average Bonchev–Trinajstić information content (AvgIpc) is 3.27. The zero-order chi connectivity index (χ0) is 19.1. The molecule has 2 atom stereocenters. The Morgan fingerprint density at radius 1 is 1.11 bits per heavy atom. The standard InChI is InChI=1S/C18H17Cl2N3O4/c19-12-5-13(20)7-15(6-12)27-14-3-10-8-22(9-11(10)4-14)18(26)23-2-1-16(21-23)17(24)25/h1-2,5-7,10-11,14H,3-4,8-9H2,(H,24,25). The maximum Gasteiger partial charge on any atom is 0.356 e. The molecule has 0 bridgehead atoms. The van der Waals surface area contributed by atoms with Crippen molar-refractivity contribution < 1.29 is 19.4 Å². The molecule has 1 saturated heterocycles. The van der Waals surface area contributed by atoms with Crippen LogP contribution < -0.4 is 4.74 Å². The lowest BCUT2D eigenvalue weighted by Gasteiger charge is -2.20. The fourth-order valence-electron chi connectivity index (χ4n) is 3.98. The van der Waals surface area contributed by atoms with Crippen molar-refractivity contribution in [3.05, 3.63) is 46.2 Å². The number of carboxylic acid groups (broad SMARTS) is 1. The van der Waals surface area contributed by atoms with Gasteiger partial charge in [-0.05, 0) is 48.9 Å². The number of aromatic nitrogens is 2. The van der Waals surface area contributed by atoms with E-state index in [1.165, 1.54) is 12.3 Å². The molecule has 1 aliphatic carbocycles. The number of ether oxygens (including phenoxy) is 1. The highest BCUT2D eigenvalue weighted by molar-refractivity contribution is 6.34. The van der Waals surface area contributed by atoms with Crippen molar-refractivity contribution in [2.45, 2.75) is 18.9 Å². The molecule has 142 valence electrons. The summed E-state index contributed by atoms with van der Waals surface area (Å²) in [4.78, 5) is 25.2. The Morgan fingerprint density at radius 3 is 2.30 bits per heavy atom. The third kappa shape index (κ3) is 3.75. The first-order chi connectivity index (χ1) is 12.9. The summed E-state index contributed by atoms with van der Waals surface area (Å²) >= 11 is 12.0. The van der Waals surface area contributed by atoms with Crippen LogP contribution in [0.15, 0.2) is 30.5 Å². The summed E-state index contributed by atoms with van der Waals surface area (Å²) in [5.41, 5.74) is -0.142. The highest BCUT2D eigenvalue weighted by Gasteiger charge is 2.43. The van der Waals surface area contributed by atoms with Gasteiger partial charge in [-0.1, -0.05) is 23.2 Å². The van der Waals surface area contributed by atoms with Gasteiger partial charge in [0.05, 0.1) is 6.10 Å². The predicted molar refractivity (Wildman–Crippen MR) is 98.6 cm³/mol. The van der Waals surface area contributed by atoms with Crippen LogP contribution in [-0.4, -0.2) is 51.0 Å². The molecule has 27 heavy (non-hydrogen) atoms. The molecule has 1 N–H and O–H groups in total. The monoisotopic (exact) mass is 409 g/mol. The van der Waals surface area contributed by atoms with Gasteiger partial charge < -0.3 is 14.7 Å². The highest BCUT2D eigenvalue weighted by Crippen LogP contribution is 2.40. The van der Waals surface area contributed by atoms with Crippen molar-refractivity contribution in [1.82, 2.24) is 14.7 Å². The minimum atomic E-state index is -1.15. The predicted octanol–water partition coefficient (Wildman–Crippen LogP) is 3.65. The molecule has 9 heteroatoms. The summed E-state index contributed by atoms with van der Waals surface area (Å²) < 4.78 is 7.12. The normalized spacial score (nSPS) is 24.1. The van der Waals surface area contributed by atoms with Gasteiger partial charge >= 0.3 is 12.0 Å². The second kappa shape index (κ2) is 7.05. The van der Waals surface area contributed by atoms with Crippen LogP contribution >= 0.6 is 23.2 Å². The topological polar surface area (TPSA) is 84.7 Å². The van der Waals surface area contributed by atoms with E-state index in [1.54, 1.807) is 23.1 Å². The van der Waals surface area contributed by atoms with Crippen molar-refractivity contribution >= 4 is 35.2 Å². The van der Waals surface area contributed by atoms with Crippen molar-refractivity contribution in [2.24, 2.45) is 11.8 Å². The first-order valence-corrected chi connectivity index (χ1v) is 9.35. The van der Waals surface area contributed by atoms with E-state index >= 15 is 0 Å². The van der Waals surface area contributed by atoms with Gasteiger partial charge in [0.1, 0.15) is 5.75 Å². The van der Waals surface area contributed by atoms with Gasteiger partial charge in [0.15, 0.2) is 5.69 Å². The summed E-state index contributed by atoms with van der Waals surface area (Å²) in [7, 11) is 0. The van der Waals surface area contributed by atoms with Gasteiger partial charge in [0, 0.05) is 29.3 Å². The quantitative estimate of drug-likeness (QED) is 0.835. The van der Waals surface area contributed by atoms with Crippen LogP contribution in [0, 0.1) is 11.8 Å². The molecule has 7 nitrogen and oxygen atoms in total. The lowest BCUT2D eigenvalue weighted by atomic mass is 10.0. The second-order valence-electron chi connectivity index (χ2n) is 6.97. The van der Waals surface area contributed by atoms with Crippen LogP contribution in [0.3, 0.4) is 0 Å². The Balaban J connectivity index is 1.36. The number of halogens is 2. The SMILES string of the molecule is O=C(O)c1ccn(C(=O)N2CC3CC(Oc4cc(Cl)cc(Cl)c4)CC3C2)n1. The van der Waals surface area contributed by atoms with Crippen molar-refractivity contribution in [2.75, 3.05) is 13.1 Å². The third-order valence-electron chi connectivity index (χ3n) is 5.12. The van der Waals surface area contributed by atoms with E-state index in [-0.39, 0.29) is 17.8 Å². The fourth-order valence-corrected chi connectivity index (χ4v) is 4.48. The summed E-state index contributed by atoms with van der Waals surface area (Å²) in [6.07, 6.45) is 3.14. The minimum Gasteiger partial charge on any atom is -0.490 e. The number of amides is 1. The summed E-state index contributed by atoms with van der Waals surface area (Å²) in [5, 5.41) is 13.8. The Kier molecular flexibility index (Phi) is 4.74. The van der Waals surface area contributed by atoms with Crippen LogP contribution in [0.25, 0.3) is 0 Å². The van der Waals surface area contributed by atoms with Crippen LogP contribution in [-0.2, 0) is 0 Å². The summed E-state index contributed by atoms with van der Waals surface area (Å²) in [6.45, 7) is 1.23. The van der Waals surface area contributed by atoms with E-state index in [1.807, 2.05) is 0 Å².